The van der Waals surface area contributed by atoms with Gasteiger partial charge in [-0.15, -0.1) is 0 Å². The Labute approximate surface area is 156 Å². The summed E-state index contributed by atoms with van der Waals surface area (Å²) in [5, 5.41) is 2.63. The summed E-state index contributed by atoms with van der Waals surface area (Å²) in [6.07, 6.45) is 0.0746. The first-order valence-electron chi connectivity index (χ1n) is 8.53. The molecule has 1 aliphatic heterocycles. The zero-order valence-electron chi connectivity index (χ0n) is 14.9. The van der Waals surface area contributed by atoms with Crippen LogP contribution in [0, 0.1) is 5.92 Å². The van der Waals surface area contributed by atoms with E-state index in [2.05, 4.69) is 5.32 Å². The molecule has 1 saturated heterocycles. The molecule has 27 heavy (non-hydrogen) atoms. The molecule has 1 atom stereocenters. The molecule has 1 N–H and O–H groups in total. The fraction of sp³-hybridized carbons (Fsp3) is 0.250. The monoisotopic (exact) mass is 368 g/mol. The Kier molecular flexibility index (Phi) is 5.71. The maximum absolute atomic E-state index is 12.2. The third-order valence-electron chi connectivity index (χ3n) is 4.23. The van der Waals surface area contributed by atoms with Crippen LogP contribution in [0.5, 0.6) is 5.75 Å². The number of carbonyl (C=O) groups is 3. The van der Waals surface area contributed by atoms with Crippen molar-refractivity contribution in [3.05, 3.63) is 54.6 Å². The van der Waals surface area contributed by atoms with Crippen LogP contribution in [0.1, 0.15) is 6.42 Å². The van der Waals surface area contributed by atoms with E-state index in [1.54, 1.807) is 29.2 Å². The van der Waals surface area contributed by atoms with Gasteiger partial charge >= 0.3 is 5.97 Å². The van der Waals surface area contributed by atoms with Crippen molar-refractivity contribution in [2.45, 2.75) is 6.42 Å². The lowest BCUT2D eigenvalue weighted by atomic mass is 10.1. The zero-order chi connectivity index (χ0) is 19.2. The Hall–Kier alpha value is -3.35. The lowest BCUT2D eigenvalue weighted by molar-refractivity contribution is -0.151. The van der Waals surface area contributed by atoms with Crippen LogP contribution < -0.4 is 15.0 Å². The second kappa shape index (κ2) is 8.35. The van der Waals surface area contributed by atoms with E-state index >= 15 is 0 Å². The predicted octanol–water partition coefficient (Wildman–Crippen LogP) is 2.23. The molecule has 0 spiro atoms. The Morgan fingerprint density at radius 1 is 1.15 bits per heavy atom. The Morgan fingerprint density at radius 3 is 2.67 bits per heavy atom. The third kappa shape index (κ3) is 4.63. The summed E-state index contributed by atoms with van der Waals surface area (Å²) in [6, 6.07) is 16.0. The third-order valence-corrected chi connectivity index (χ3v) is 4.23. The van der Waals surface area contributed by atoms with Gasteiger partial charge in [-0.25, -0.2) is 0 Å². The first kappa shape index (κ1) is 18.4. The van der Waals surface area contributed by atoms with Crippen LogP contribution in [0.3, 0.4) is 0 Å². The normalized spacial score (nSPS) is 16.1. The van der Waals surface area contributed by atoms with E-state index in [1.807, 2.05) is 30.3 Å². The number of esters is 1. The first-order chi connectivity index (χ1) is 13.1. The van der Waals surface area contributed by atoms with Gasteiger partial charge in [-0.05, 0) is 24.3 Å². The standard InChI is InChI=1S/C20H20N2O5/c1-26-17-9-5-6-15(11-17)21-18(23)13-27-20(25)14-10-19(24)22(12-14)16-7-3-2-4-8-16/h2-9,11,14H,10,12-13H2,1H3,(H,21,23)/t14-/m1/s1. The molecule has 0 aliphatic carbocycles. The number of nitrogens with one attached hydrogen (secondary N) is 1. The summed E-state index contributed by atoms with van der Waals surface area (Å²) >= 11 is 0. The molecular weight excluding hydrogens is 348 g/mol. The fourth-order valence-electron chi connectivity index (χ4n) is 2.88. The second-order valence-electron chi connectivity index (χ2n) is 6.13. The number of hydrogen-bond acceptors (Lipinski definition) is 5. The summed E-state index contributed by atoms with van der Waals surface area (Å²) in [6.45, 7) is -0.161. The van der Waals surface area contributed by atoms with Gasteiger partial charge in [0.2, 0.25) is 5.91 Å². The van der Waals surface area contributed by atoms with E-state index < -0.39 is 24.4 Å². The summed E-state index contributed by atoms with van der Waals surface area (Å²) in [5.74, 6) is -1.12. The molecule has 0 radical (unpaired) electrons. The highest BCUT2D eigenvalue weighted by Crippen LogP contribution is 2.25. The molecule has 2 amide bonds. The minimum Gasteiger partial charge on any atom is -0.497 e. The van der Waals surface area contributed by atoms with Gasteiger partial charge < -0.3 is 19.7 Å². The number of carbonyl (C=O) groups excluding carboxylic acids is 3. The topological polar surface area (TPSA) is 84.9 Å². The van der Waals surface area contributed by atoms with Gasteiger partial charge in [0, 0.05) is 30.4 Å². The quantitative estimate of drug-likeness (QED) is 0.791. The summed E-state index contributed by atoms with van der Waals surface area (Å²) in [7, 11) is 1.53. The van der Waals surface area contributed by atoms with Crippen molar-refractivity contribution in [1.29, 1.82) is 0 Å². The summed E-state index contributed by atoms with van der Waals surface area (Å²) < 4.78 is 10.2. The minimum atomic E-state index is -0.581. The van der Waals surface area contributed by atoms with Crippen LogP contribution in [-0.2, 0) is 19.1 Å². The highest BCUT2D eigenvalue weighted by molar-refractivity contribution is 6.00. The smallest absolute Gasteiger partial charge is 0.311 e. The van der Waals surface area contributed by atoms with Crippen molar-refractivity contribution in [2.75, 3.05) is 30.5 Å². The number of ether oxygens (including phenoxy) is 2. The Balaban J connectivity index is 1.50. The van der Waals surface area contributed by atoms with Crippen LogP contribution in [0.4, 0.5) is 11.4 Å². The van der Waals surface area contributed by atoms with E-state index in [4.69, 9.17) is 9.47 Å². The number of rotatable bonds is 6. The van der Waals surface area contributed by atoms with Crippen molar-refractivity contribution in [3.8, 4) is 5.75 Å². The maximum Gasteiger partial charge on any atom is 0.311 e. The van der Waals surface area contributed by atoms with E-state index in [1.165, 1.54) is 7.11 Å². The Morgan fingerprint density at radius 2 is 1.93 bits per heavy atom. The van der Waals surface area contributed by atoms with Crippen LogP contribution in [0.2, 0.25) is 0 Å². The molecule has 0 saturated carbocycles. The SMILES string of the molecule is COc1cccc(NC(=O)COC(=O)[C@@H]2CC(=O)N(c3ccccc3)C2)c1. The van der Waals surface area contributed by atoms with E-state index in [0.717, 1.165) is 5.69 Å². The highest BCUT2D eigenvalue weighted by Gasteiger charge is 2.36. The van der Waals surface area contributed by atoms with Gasteiger partial charge in [0.05, 0.1) is 13.0 Å². The second-order valence-corrected chi connectivity index (χ2v) is 6.13. The molecule has 1 aliphatic rings. The average Bonchev–Trinajstić information content (AvgIpc) is 3.08. The number of methoxy groups -OCH3 is 1. The lowest BCUT2D eigenvalue weighted by Crippen LogP contribution is -2.28. The zero-order valence-corrected chi connectivity index (χ0v) is 14.9. The molecule has 140 valence electrons. The summed E-state index contributed by atoms with van der Waals surface area (Å²) in [5.41, 5.74) is 1.29. The van der Waals surface area contributed by atoms with Crippen molar-refractivity contribution in [3.63, 3.8) is 0 Å². The maximum atomic E-state index is 12.2. The largest absolute Gasteiger partial charge is 0.497 e. The van der Waals surface area contributed by atoms with Gasteiger partial charge in [-0.1, -0.05) is 24.3 Å². The number of hydrogen-bond donors (Lipinski definition) is 1. The molecule has 1 heterocycles. The number of anilines is 2. The molecule has 7 heteroatoms. The van der Waals surface area contributed by atoms with Crippen molar-refractivity contribution in [2.24, 2.45) is 5.92 Å². The predicted molar refractivity (Wildman–Crippen MR) is 99.5 cm³/mol. The Bertz CT molecular complexity index is 837. The van der Waals surface area contributed by atoms with Gasteiger partial charge in [-0.3, -0.25) is 14.4 Å². The number of amides is 2. The van der Waals surface area contributed by atoms with Gasteiger partial charge in [-0.2, -0.15) is 0 Å². The van der Waals surface area contributed by atoms with Crippen LogP contribution >= 0.6 is 0 Å². The van der Waals surface area contributed by atoms with Crippen molar-refractivity contribution >= 4 is 29.2 Å². The van der Waals surface area contributed by atoms with Gasteiger partial charge in [0.1, 0.15) is 5.75 Å². The molecule has 2 aromatic carbocycles. The summed E-state index contributed by atoms with van der Waals surface area (Å²) in [4.78, 5) is 37.9. The van der Waals surface area contributed by atoms with Gasteiger partial charge in [0.15, 0.2) is 6.61 Å². The van der Waals surface area contributed by atoms with Crippen LogP contribution in [0.25, 0.3) is 0 Å². The lowest BCUT2D eigenvalue weighted by Gasteiger charge is -2.16. The molecule has 7 nitrogen and oxygen atoms in total. The average molecular weight is 368 g/mol. The first-order valence-corrected chi connectivity index (χ1v) is 8.53. The molecule has 0 unspecified atom stereocenters. The van der Waals surface area contributed by atoms with Crippen molar-refractivity contribution < 1.29 is 23.9 Å². The number of para-hydroxylation sites is 1. The fourth-order valence-corrected chi connectivity index (χ4v) is 2.88. The van der Waals surface area contributed by atoms with Gasteiger partial charge in [0.25, 0.3) is 5.91 Å². The molecule has 0 aromatic heterocycles. The molecule has 2 aromatic rings. The van der Waals surface area contributed by atoms with E-state index in [0.29, 0.717) is 11.4 Å². The van der Waals surface area contributed by atoms with E-state index in [-0.39, 0.29) is 18.9 Å². The highest BCUT2D eigenvalue weighted by atomic mass is 16.5. The minimum absolute atomic E-state index is 0.0746. The number of nitrogens with zero attached hydrogens (tertiary/aromatic N) is 1. The molecule has 3 rings (SSSR count). The van der Waals surface area contributed by atoms with Crippen LogP contribution in [0.15, 0.2) is 54.6 Å². The molecule has 0 bridgehead atoms. The molecular formula is C20H20N2O5. The number of benzene rings is 2. The molecule has 1 fully saturated rings. The van der Waals surface area contributed by atoms with Crippen molar-refractivity contribution in [1.82, 2.24) is 0 Å². The van der Waals surface area contributed by atoms with Crippen LogP contribution in [-0.4, -0.2) is 38.0 Å². The van der Waals surface area contributed by atoms with E-state index in [9.17, 15) is 14.4 Å².